The van der Waals surface area contributed by atoms with E-state index < -0.39 is 8.22 Å². The molecule has 3 rings (SSSR count). The second-order valence-corrected chi connectivity index (χ2v) is 7.41. The summed E-state index contributed by atoms with van der Waals surface area (Å²) in [5, 5.41) is 1.44. The molecule has 0 aromatic heterocycles. The molecule has 2 aromatic rings. The summed E-state index contributed by atoms with van der Waals surface area (Å²) in [6.07, 6.45) is 2.66. The Kier molecular flexibility index (Phi) is 4.34. The van der Waals surface area contributed by atoms with Crippen LogP contribution in [0.5, 0.6) is 0 Å². The fourth-order valence-corrected chi connectivity index (χ4v) is 5.24. The molecule has 2 aromatic carbocycles. The van der Waals surface area contributed by atoms with E-state index in [9.17, 15) is 0 Å². The Labute approximate surface area is 122 Å². The Morgan fingerprint density at radius 2 is 1.40 bits per heavy atom. The van der Waals surface area contributed by atoms with Crippen LogP contribution >= 0.6 is 8.22 Å². The molecule has 3 heteroatoms. The highest BCUT2D eigenvalue weighted by Crippen LogP contribution is 2.46. The number of benzene rings is 2. The number of hydrogen-bond donors (Lipinski definition) is 0. The summed E-state index contributed by atoms with van der Waals surface area (Å²) < 4.78 is 5.10. The molecule has 1 fully saturated rings. The van der Waals surface area contributed by atoms with Gasteiger partial charge in [-0.3, -0.25) is 4.67 Å². The molecule has 0 amide bonds. The first-order valence-electron chi connectivity index (χ1n) is 7.25. The molecule has 0 aliphatic carbocycles. The van der Waals surface area contributed by atoms with E-state index in [1.54, 1.807) is 0 Å². The molecule has 0 N–H and O–H groups in total. The second kappa shape index (κ2) is 6.39. The van der Waals surface area contributed by atoms with Crippen LogP contribution in [-0.2, 0) is 0 Å². The average Bonchev–Trinajstić information content (AvgIpc) is 3.03. The highest BCUT2D eigenvalue weighted by Gasteiger charge is 2.27. The van der Waals surface area contributed by atoms with Gasteiger partial charge in [0.25, 0.3) is 0 Å². The first kappa shape index (κ1) is 13.6. The molecule has 0 saturated carbocycles. The molecule has 1 aliphatic rings. The van der Waals surface area contributed by atoms with Gasteiger partial charge in [0.05, 0.1) is 0 Å². The van der Waals surface area contributed by atoms with Gasteiger partial charge in [0.1, 0.15) is 8.22 Å². The van der Waals surface area contributed by atoms with Crippen molar-refractivity contribution in [2.45, 2.75) is 12.8 Å². The Morgan fingerprint density at radius 3 is 2.00 bits per heavy atom. The average molecular weight is 284 g/mol. The monoisotopic (exact) mass is 284 g/mol. The van der Waals surface area contributed by atoms with Crippen LogP contribution in [-0.4, -0.2) is 24.8 Å². The lowest BCUT2D eigenvalue weighted by Gasteiger charge is -2.36. The van der Waals surface area contributed by atoms with Crippen LogP contribution in [0.15, 0.2) is 60.7 Å². The molecule has 1 atom stereocenters. The largest absolute Gasteiger partial charge is 0.338 e. The third-order valence-corrected chi connectivity index (χ3v) is 6.25. The summed E-state index contributed by atoms with van der Waals surface area (Å²) in [6, 6.07) is 21.7. The van der Waals surface area contributed by atoms with Gasteiger partial charge >= 0.3 is 0 Å². The van der Waals surface area contributed by atoms with E-state index in [1.807, 2.05) is 0 Å². The van der Waals surface area contributed by atoms with E-state index in [-0.39, 0.29) is 0 Å². The third-order valence-electron chi connectivity index (χ3n) is 3.75. The molecule has 2 nitrogen and oxygen atoms in total. The van der Waals surface area contributed by atoms with Crippen molar-refractivity contribution in [3.05, 3.63) is 60.7 Å². The van der Waals surface area contributed by atoms with Crippen molar-refractivity contribution in [2.75, 3.05) is 24.8 Å². The normalized spacial score (nSPS) is 17.1. The molecule has 20 heavy (non-hydrogen) atoms. The topological polar surface area (TPSA) is 6.48 Å². The van der Waals surface area contributed by atoms with Crippen molar-refractivity contribution in [2.24, 2.45) is 0 Å². The maximum Gasteiger partial charge on any atom is 0.100 e. The fraction of sp³-hybridized carbons (Fsp3) is 0.294. The van der Waals surface area contributed by atoms with Gasteiger partial charge in [-0.05, 0) is 25.0 Å². The van der Waals surface area contributed by atoms with Crippen molar-refractivity contribution in [1.82, 2.24) is 4.67 Å². The van der Waals surface area contributed by atoms with Crippen molar-refractivity contribution >= 4 is 19.2 Å². The van der Waals surface area contributed by atoms with E-state index in [4.69, 9.17) is 0 Å². The Balaban J connectivity index is 1.93. The predicted octanol–water partition coefficient (Wildman–Crippen LogP) is 3.86. The summed E-state index contributed by atoms with van der Waals surface area (Å²) in [5.41, 5.74) is 1.30. The van der Waals surface area contributed by atoms with E-state index in [2.05, 4.69) is 77.1 Å². The number of para-hydroxylation sites is 1. The van der Waals surface area contributed by atoms with Gasteiger partial charge in [-0.25, -0.2) is 0 Å². The number of nitrogens with zero attached hydrogens (tertiary/aromatic N) is 2. The minimum atomic E-state index is -0.428. The zero-order valence-corrected chi connectivity index (χ0v) is 12.8. The first-order chi connectivity index (χ1) is 9.86. The molecule has 0 spiro atoms. The molecule has 1 unspecified atom stereocenters. The van der Waals surface area contributed by atoms with Crippen molar-refractivity contribution < 1.29 is 0 Å². The van der Waals surface area contributed by atoms with E-state index >= 15 is 0 Å². The molecule has 0 radical (unpaired) electrons. The van der Waals surface area contributed by atoms with Crippen LogP contribution in [0.4, 0.5) is 5.69 Å². The van der Waals surface area contributed by atoms with Crippen molar-refractivity contribution in [3.63, 3.8) is 0 Å². The first-order valence-corrected chi connectivity index (χ1v) is 8.50. The zero-order valence-electron chi connectivity index (χ0n) is 11.9. The van der Waals surface area contributed by atoms with Crippen LogP contribution in [0.3, 0.4) is 0 Å². The molecule has 0 bridgehead atoms. The van der Waals surface area contributed by atoms with Crippen LogP contribution in [0.1, 0.15) is 12.8 Å². The van der Waals surface area contributed by atoms with Gasteiger partial charge in [0, 0.05) is 31.1 Å². The third kappa shape index (κ3) is 2.87. The lowest BCUT2D eigenvalue weighted by Crippen LogP contribution is -2.29. The standard InChI is InChI=1S/C17H21N2P/c1-18(16-10-4-2-5-11-16)20(19-14-8-9-15-19)17-12-6-3-7-13-17/h2-7,10-13H,8-9,14-15H2,1H3. The predicted molar refractivity (Wildman–Crippen MR) is 88.6 cm³/mol. The maximum atomic E-state index is 2.65. The van der Waals surface area contributed by atoms with Gasteiger partial charge in [0.15, 0.2) is 0 Å². The van der Waals surface area contributed by atoms with Gasteiger partial charge in [-0.2, -0.15) is 0 Å². The van der Waals surface area contributed by atoms with E-state index in [1.165, 1.54) is 36.9 Å². The Bertz CT molecular complexity index is 523. The summed E-state index contributed by atoms with van der Waals surface area (Å²) in [6.45, 7) is 2.44. The second-order valence-electron chi connectivity index (χ2n) is 5.14. The van der Waals surface area contributed by atoms with Crippen LogP contribution in [0, 0.1) is 0 Å². The number of hydrogen-bond acceptors (Lipinski definition) is 2. The number of anilines is 1. The molecular formula is C17H21N2P. The van der Waals surface area contributed by atoms with Gasteiger partial charge in [0.2, 0.25) is 0 Å². The van der Waals surface area contributed by atoms with Crippen LogP contribution < -0.4 is 9.97 Å². The van der Waals surface area contributed by atoms with Crippen LogP contribution in [0.2, 0.25) is 0 Å². The SMILES string of the molecule is CN(c1ccccc1)P(c1ccccc1)N1CCCC1. The molecule has 1 aliphatic heterocycles. The Hall–Kier alpha value is -1.37. The highest BCUT2D eigenvalue weighted by atomic mass is 31.1. The van der Waals surface area contributed by atoms with Crippen molar-refractivity contribution in [1.29, 1.82) is 0 Å². The Morgan fingerprint density at radius 1 is 0.850 bits per heavy atom. The van der Waals surface area contributed by atoms with Crippen molar-refractivity contribution in [3.8, 4) is 0 Å². The van der Waals surface area contributed by atoms with Gasteiger partial charge in [-0.1, -0.05) is 48.5 Å². The smallest absolute Gasteiger partial charge is 0.100 e. The lowest BCUT2D eigenvalue weighted by molar-refractivity contribution is 0.568. The van der Waals surface area contributed by atoms with Crippen LogP contribution in [0.25, 0.3) is 0 Å². The summed E-state index contributed by atoms with van der Waals surface area (Å²) in [7, 11) is 1.80. The number of rotatable bonds is 4. The molecule has 104 valence electrons. The maximum absolute atomic E-state index is 2.65. The summed E-state index contributed by atoms with van der Waals surface area (Å²) >= 11 is 0. The van der Waals surface area contributed by atoms with E-state index in [0.717, 1.165) is 0 Å². The van der Waals surface area contributed by atoms with E-state index in [0.29, 0.717) is 0 Å². The molecular weight excluding hydrogens is 263 g/mol. The lowest BCUT2D eigenvalue weighted by atomic mass is 10.3. The minimum Gasteiger partial charge on any atom is -0.338 e. The van der Waals surface area contributed by atoms with Gasteiger partial charge in [-0.15, -0.1) is 0 Å². The minimum absolute atomic E-state index is 0.428. The fourth-order valence-electron chi connectivity index (χ4n) is 2.73. The molecule has 1 saturated heterocycles. The highest BCUT2D eigenvalue weighted by molar-refractivity contribution is 7.64. The van der Waals surface area contributed by atoms with Gasteiger partial charge < -0.3 is 4.67 Å². The molecule has 1 heterocycles. The summed E-state index contributed by atoms with van der Waals surface area (Å²) in [5.74, 6) is 0. The quantitative estimate of drug-likeness (QED) is 0.787. The summed E-state index contributed by atoms with van der Waals surface area (Å²) in [4.78, 5) is 0. The zero-order chi connectivity index (χ0) is 13.8.